The van der Waals surface area contributed by atoms with E-state index in [9.17, 15) is 4.79 Å². The zero-order chi connectivity index (χ0) is 14.7. The zero-order valence-corrected chi connectivity index (χ0v) is 14.1. The molecule has 116 valence electrons. The molecular weight excluding hydrogens is 304 g/mol. The first-order chi connectivity index (χ1) is 10.3. The van der Waals surface area contributed by atoms with Gasteiger partial charge in [0, 0.05) is 23.7 Å². The molecule has 1 saturated heterocycles. The number of hydrogen-bond acceptors (Lipinski definition) is 6. The van der Waals surface area contributed by atoms with E-state index in [1.165, 1.54) is 22.8 Å². The molecule has 1 atom stereocenters. The number of anilines is 1. The molecule has 4 nitrogen and oxygen atoms in total. The summed E-state index contributed by atoms with van der Waals surface area (Å²) in [4.78, 5) is 20.7. The van der Waals surface area contributed by atoms with Crippen molar-refractivity contribution in [2.45, 2.75) is 38.5 Å². The van der Waals surface area contributed by atoms with Crippen molar-refractivity contribution >= 4 is 34.2 Å². The Labute approximate surface area is 134 Å². The minimum absolute atomic E-state index is 0.0956. The molecule has 2 aliphatic rings. The summed E-state index contributed by atoms with van der Waals surface area (Å²) in [6.45, 7) is 4.47. The molecule has 21 heavy (non-hydrogen) atoms. The lowest BCUT2D eigenvalue weighted by Crippen LogP contribution is -2.25. The molecule has 0 saturated carbocycles. The van der Waals surface area contributed by atoms with Gasteiger partial charge in [0.05, 0.1) is 12.3 Å². The third-order valence-electron chi connectivity index (χ3n) is 4.01. The summed E-state index contributed by atoms with van der Waals surface area (Å²) in [6, 6.07) is 0. The second kappa shape index (κ2) is 7.01. The van der Waals surface area contributed by atoms with Gasteiger partial charge in [-0.3, -0.25) is 4.79 Å². The van der Waals surface area contributed by atoms with Gasteiger partial charge in [0.1, 0.15) is 5.92 Å². The number of ether oxygens (including phenoxy) is 1. The van der Waals surface area contributed by atoms with Crippen molar-refractivity contribution in [1.82, 2.24) is 4.98 Å². The highest BCUT2D eigenvalue weighted by Crippen LogP contribution is 2.38. The minimum atomic E-state index is -0.139. The normalized spacial score (nSPS) is 22.5. The van der Waals surface area contributed by atoms with Crippen LogP contribution >= 0.6 is 23.1 Å². The second-order valence-corrected chi connectivity index (χ2v) is 7.74. The van der Waals surface area contributed by atoms with E-state index >= 15 is 0 Å². The number of rotatable bonds is 3. The SMILES string of the molecule is CCOC(=O)C1CCCc2sc(N3CCCSCC3)nc21. The van der Waals surface area contributed by atoms with E-state index in [-0.39, 0.29) is 11.9 Å². The largest absolute Gasteiger partial charge is 0.465 e. The molecule has 0 spiro atoms. The predicted molar refractivity (Wildman–Crippen MR) is 88.6 cm³/mol. The number of carbonyl (C=O) groups is 1. The molecule has 0 amide bonds. The molecule has 1 aromatic rings. The maximum atomic E-state index is 12.1. The summed E-state index contributed by atoms with van der Waals surface area (Å²) >= 11 is 3.81. The summed E-state index contributed by atoms with van der Waals surface area (Å²) in [6.07, 6.45) is 4.22. The maximum Gasteiger partial charge on any atom is 0.315 e. The van der Waals surface area contributed by atoms with Gasteiger partial charge in [-0.2, -0.15) is 11.8 Å². The molecule has 1 aromatic heterocycles. The summed E-state index contributed by atoms with van der Waals surface area (Å²) < 4.78 is 5.22. The van der Waals surface area contributed by atoms with Crippen LogP contribution in [0.2, 0.25) is 0 Å². The number of thioether (sulfide) groups is 1. The third-order valence-corrected chi connectivity index (χ3v) is 6.25. The Kier molecular flexibility index (Phi) is 5.06. The van der Waals surface area contributed by atoms with Gasteiger partial charge in [-0.05, 0) is 38.4 Å². The van der Waals surface area contributed by atoms with Crippen molar-refractivity contribution in [3.8, 4) is 0 Å². The molecule has 0 radical (unpaired) electrons. The number of nitrogens with zero attached hydrogens (tertiary/aromatic N) is 2. The fourth-order valence-corrected chi connectivity index (χ4v) is 5.05. The highest BCUT2D eigenvalue weighted by molar-refractivity contribution is 7.99. The number of aromatic nitrogens is 1. The molecule has 3 rings (SSSR count). The lowest BCUT2D eigenvalue weighted by molar-refractivity contribution is -0.145. The monoisotopic (exact) mass is 326 g/mol. The van der Waals surface area contributed by atoms with Crippen LogP contribution < -0.4 is 4.90 Å². The van der Waals surface area contributed by atoms with Crippen LogP contribution in [-0.2, 0) is 16.0 Å². The number of esters is 1. The second-order valence-electron chi connectivity index (χ2n) is 5.45. The molecule has 6 heteroatoms. The quantitative estimate of drug-likeness (QED) is 0.799. The standard InChI is InChI=1S/C15H22N2O2S2/c1-2-19-14(18)11-5-3-6-12-13(11)16-15(21-12)17-7-4-9-20-10-8-17/h11H,2-10H2,1H3. The number of hydrogen-bond donors (Lipinski definition) is 0. The Balaban J connectivity index is 1.81. The van der Waals surface area contributed by atoms with Crippen molar-refractivity contribution in [1.29, 1.82) is 0 Å². The molecule has 1 aliphatic heterocycles. The van der Waals surface area contributed by atoms with E-state index in [4.69, 9.17) is 9.72 Å². The molecule has 2 heterocycles. The first kappa shape index (κ1) is 15.2. The van der Waals surface area contributed by atoms with Crippen LogP contribution in [0, 0.1) is 0 Å². The van der Waals surface area contributed by atoms with Crippen molar-refractivity contribution in [2.24, 2.45) is 0 Å². The van der Waals surface area contributed by atoms with Gasteiger partial charge in [0.2, 0.25) is 0 Å². The summed E-state index contributed by atoms with van der Waals surface area (Å²) in [7, 11) is 0. The summed E-state index contributed by atoms with van der Waals surface area (Å²) in [5, 5.41) is 1.11. The number of carbonyl (C=O) groups excluding carboxylic acids is 1. The zero-order valence-electron chi connectivity index (χ0n) is 12.5. The smallest absolute Gasteiger partial charge is 0.315 e. The third kappa shape index (κ3) is 3.37. The Morgan fingerprint density at radius 2 is 2.29 bits per heavy atom. The van der Waals surface area contributed by atoms with Crippen molar-refractivity contribution in [3.05, 3.63) is 10.6 Å². The Morgan fingerprint density at radius 3 is 3.14 bits per heavy atom. The number of thiazole rings is 1. The Hall–Kier alpha value is -0.750. The van der Waals surface area contributed by atoms with Crippen LogP contribution in [0.4, 0.5) is 5.13 Å². The van der Waals surface area contributed by atoms with Gasteiger partial charge in [-0.25, -0.2) is 4.98 Å². The van der Waals surface area contributed by atoms with E-state index in [1.807, 2.05) is 18.7 Å². The summed E-state index contributed by atoms with van der Waals surface area (Å²) in [5.74, 6) is 2.18. The maximum absolute atomic E-state index is 12.1. The first-order valence-corrected chi connectivity index (χ1v) is 9.75. The van der Waals surface area contributed by atoms with E-state index in [1.54, 1.807) is 11.3 Å². The first-order valence-electron chi connectivity index (χ1n) is 7.78. The van der Waals surface area contributed by atoms with Crippen LogP contribution in [0.3, 0.4) is 0 Å². The van der Waals surface area contributed by atoms with Crippen LogP contribution in [0.1, 0.15) is 42.7 Å². The number of fused-ring (bicyclic) bond motifs is 1. The van der Waals surface area contributed by atoms with E-state index < -0.39 is 0 Å². The van der Waals surface area contributed by atoms with E-state index in [2.05, 4.69) is 4.90 Å². The highest BCUT2D eigenvalue weighted by atomic mass is 32.2. The Morgan fingerprint density at radius 1 is 1.38 bits per heavy atom. The molecular formula is C15H22N2O2S2. The van der Waals surface area contributed by atoms with Gasteiger partial charge in [0.15, 0.2) is 5.13 Å². The molecule has 1 aliphatic carbocycles. The Bertz CT molecular complexity index is 496. The fourth-order valence-electron chi connectivity index (χ4n) is 2.95. The van der Waals surface area contributed by atoms with E-state index in [0.717, 1.165) is 43.2 Å². The average Bonchev–Trinajstić information content (AvgIpc) is 2.74. The van der Waals surface area contributed by atoms with Crippen LogP contribution in [0.5, 0.6) is 0 Å². The lowest BCUT2D eigenvalue weighted by atomic mass is 9.91. The molecule has 1 unspecified atom stereocenters. The number of aryl methyl sites for hydroxylation is 1. The highest BCUT2D eigenvalue weighted by Gasteiger charge is 2.32. The van der Waals surface area contributed by atoms with Gasteiger partial charge in [-0.15, -0.1) is 11.3 Å². The van der Waals surface area contributed by atoms with Crippen molar-refractivity contribution in [3.63, 3.8) is 0 Å². The van der Waals surface area contributed by atoms with Crippen molar-refractivity contribution < 1.29 is 9.53 Å². The molecule has 0 aromatic carbocycles. The molecule has 0 N–H and O–H groups in total. The van der Waals surface area contributed by atoms with Crippen LogP contribution in [0.25, 0.3) is 0 Å². The fraction of sp³-hybridized carbons (Fsp3) is 0.733. The minimum Gasteiger partial charge on any atom is -0.465 e. The van der Waals surface area contributed by atoms with Gasteiger partial charge < -0.3 is 9.64 Å². The molecule has 0 bridgehead atoms. The average molecular weight is 326 g/mol. The predicted octanol–water partition coefficient (Wildman–Crippen LogP) is 3.07. The van der Waals surface area contributed by atoms with Crippen LogP contribution in [-0.4, -0.2) is 42.2 Å². The van der Waals surface area contributed by atoms with Crippen LogP contribution in [0.15, 0.2) is 0 Å². The summed E-state index contributed by atoms with van der Waals surface area (Å²) in [5.41, 5.74) is 0.997. The molecule has 1 fully saturated rings. The lowest BCUT2D eigenvalue weighted by Gasteiger charge is -2.19. The van der Waals surface area contributed by atoms with Gasteiger partial charge in [-0.1, -0.05) is 0 Å². The van der Waals surface area contributed by atoms with E-state index in [0.29, 0.717) is 6.61 Å². The van der Waals surface area contributed by atoms with Gasteiger partial charge in [0.25, 0.3) is 0 Å². The topological polar surface area (TPSA) is 42.4 Å². The van der Waals surface area contributed by atoms with Crippen molar-refractivity contribution in [2.75, 3.05) is 36.1 Å². The van der Waals surface area contributed by atoms with Gasteiger partial charge >= 0.3 is 5.97 Å².